The van der Waals surface area contributed by atoms with E-state index in [4.69, 9.17) is 0 Å². The highest BCUT2D eigenvalue weighted by atomic mass is 16.1. The third-order valence-electron chi connectivity index (χ3n) is 4.25. The minimum absolute atomic E-state index is 0.109. The van der Waals surface area contributed by atoms with Crippen LogP contribution < -0.4 is 0 Å². The number of Topliss-reactive ketones (excluding diaryl/α,β-unsaturated/α-hetero) is 1. The van der Waals surface area contributed by atoms with Gasteiger partial charge in [0.2, 0.25) is 0 Å². The fourth-order valence-corrected chi connectivity index (χ4v) is 3.09. The molecule has 0 aliphatic heterocycles. The van der Waals surface area contributed by atoms with Crippen molar-refractivity contribution in [1.29, 1.82) is 0 Å². The van der Waals surface area contributed by atoms with Crippen LogP contribution >= 0.6 is 0 Å². The van der Waals surface area contributed by atoms with Gasteiger partial charge in [0.15, 0.2) is 5.78 Å². The van der Waals surface area contributed by atoms with Gasteiger partial charge in [-0.2, -0.15) is 0 Å². The molecule has 19 heavy (non-hydrogen) atoms. The van der Waals surface area contributed by atoms with E-state index in [-0.39, 0.29) is 5.41 Å². The van der Waals surface area contributed by atoms with Gasteiger partial charge in [-0.15, -0.1) is 0 Å². The van der Waals surface area contributed by atoms with E-state index in [0.717, 1.165) is 17.9 Å². The minimum atomic E-state index is 0.109. The lowest BCUT2D eigenvalue weighted by atomic mass is 9.76. The zero-order chi connectivity index (χ0) is 14.2. The summed E-state index contributed by atoms with van der Waals surface area (Å²) in [4.78, 5) is 12.2. The molecule has 1 aromatic heterocycles. The first-order valence-electron chi connectivity index (χ1n) is 7.53. The Kier molecular flexibility index (Phi) is 3.89. The number of carbonyl (C=O) groups is 1. The zero-order valence-electron chi connectivity index (χ0n) is 13.0. The number of nitrogens with zero attached hydrogens (tertiary/aromatic N) is 1. The van der Waals surface area contributed by atoms with Crippen LogP contribution in [0.15, 0.2) is 12.3 Å². The van der Waals surface area contributed by atoms with Gasteiger partial charge in [-0.3, -0.25) is 4.79 Å². The zero-order valence-corrected chi connectivity index (χ0v) is 13.0. The Balaban J connectivity index is 2.23. The van der Waals surface area contributed by atoms with Gasteiger partial charge in [-0.25, -0.2) is 0 Å². The molecular formula is C17H27NO. The summed E-state index contributed by atoms with van der Waals surface area (Å²) in [7, 11) is 0. The monoisotopic (exact) mass is 261 g/mol. The quantitative estimate of drug-likeness (QED) is 0.774. The first kappa shape index (κ1) is 14.4. The Morgan fingerprint density at radius 2 is 1.89 bits per heavy atom. The Bertz CT molecular complexity index is 468. The summed E-state index contributed by atoms with van der Waals surface area (Å²) >= 11 is 0. The van der Waals surface area contributed by atoms with Gasteiger partial charge in [0.05, 0.1) is 0 Å². The van der Waals surface area contributed by atoms with E-state index in [1.807, 2.05) is 6.07 Å². The molecule has 0 bridgehead atoms. The lowest BCUT2D eigenvalue weighted by Gasteiger charge is -2.31. The van der Waals surface area contributed by atoms with Crippen LogP contribution in [-0.2, 0) is 6.42 Å². The van der Waals surface area contributed by atoms with E-state index in [2.05, 4.69) is 45.4 Å². The van der Waals surface area contributed by atoms with Crippen molar-refractivity contribution in [3.05, 3.63) is 23.5 Å². The average molecular weight is 261 g/mol. The van der Waals surface area contributed by atoms with Crippen molar-refractivity contribution in [1.82, 2.24) is 4.57 Å². The van der Waals surface area contributed by atoms with Crippen LogP contribution in [0, 0.1) is 11.3 Å². The highest BCUT2D eigenvalue weighted by Crippen LogP contribution is 2.36. The predicted octanol–water partition coefficient (Wildman–Crippen LogP) is 4.64. The summed E-state index contributed by atoms with van der Waals surface area (Å²) in [5, 5.41) is 0. The largest absolute Gasteiger partial charge is 0.348 e. The fraction of sp³-hybridized carbons (Fsp3) is 0.706. The van der Waals surface area contributed by atoms with Gasteiger partial charge < -0.3 is 4.57 Å². The molecule has 1 unspecified atom stereocenters. The molecule has 2 heteroatoms. The number of rotatable bonds is 4. The maximum Gasteiger partial charge on any atom is 0.165 e. The van der Waals surface area contributed by atoms with Gasteiger partial charge in [-0.1, -0.05) is 27.7 Å². The van der Waals surface area contributed by atoms with Gasteiger partial charge >= 0.3 is 0 Å². The molecule has 0 amide bonds. The Labute approximate surface area is 117 Å². The fourth-order valence-electron chi connectivity index (χ4n) is 3.09. The molecule has 1 atom stereocenters. The van der Waals surface area contributed by atoms with Crippen LogP contribution in [0.1, 0.15) is 76.0 Å². The minimum Gasteiger partial charge on any atom is -0.348 e. The first-order valence-corrected chi connectivity index (χ1v) is 7.53. The lowest BCUT2D eigenvalue weighted by molar-refractivity contribution is 0.0909. The molecule has 0 spiro atoms. The smallest absolute Gasteiger partial charge is 0.165 e. The molecule has 0 N–H and O–H groups in total. The highest BCUT2D eigenvalue weighted by Gasteiger charge is 2.33. The molecular weight excluding hydrogens is 234 g/mol. The first-order chi connectivity index (χ1) is 8.80. The molecule has 1 aliphatic carbocycles. The summed E-state index contributed by atoms with van der Waals surface area (Å²) < 4.78 is 2.34. The van der Waals surface area contributed by atoms with Gasteiger partial charge in [0, 0.05) is 29.9 Å². The highest BCUT2D eigenvalue weighted by molar-refractivity contribution is 5.98. The Morgan fingerprint density at radius 1 is 1.21 bits per heavy atom. The van der Waals surface area contributed by atoms with E-state index in [0.29, 0.717) is 18.2 Å². The third-order valence-corrected chi connectivity index (χ3v) is 4.25. The SMILES string of the molecule is CC(C)CCC(C)n1ccc2c1CC(C)(C)CC2=O. The topological polar surface area (TPSA) is 22.0 Å². The summed E-state index contributed by atoms with van der Waals surface area (Å²) in [5.74, 6) is 1.06. The Morgan fingerprint density at radius 3 is 2.53 bits per heavy atom. The van der Waals surface area contributed by atoms with Gasteiger partial charge in [0.1, 0.15) is 0 Å². The van der Waals surface area contributed by atoms with Crippen molar-refractivity contribution in [2.75, 3.05) is 0 Å². The molecule has 2 nitrogen and oxygen atoms in total. The number of fused-ring (bicyclic) bond motifs is 1. The van der Waals surface area contributed by atoms with Crippen molar-refractivity contribution in [3.8, 4) is 0 Å². The molecule has 2 rings (SSSR count). The van der Waals surface area contributed by atoms with Gasteiger partial charge in [0.25, 0.3) is 0 Å². The molecule has 1 aliphatic rings. The molecule has 0 aromatic carbocycles. The molecule has 1 heterocycles. The van der Waals surface area contributed by atoms with E-state index in [1.54, 1.807) is 0 Å². The number of carbonyl (C=O) groups excluding carboxylic acids is 1. The maximum absolute atomic E-state index is 12.2. The van der Waals surface area contributed by atoms with Crippen molar-refractivity contribution < 1.29 is 4.79 Å². The second kappa shape index (κ2) is 5.15. The summed E-state index contributed by atoms with van der Waals surface area (Å²) in [6, 6.07) is 2.52. The molecule has 0 radical (unpaired) electrons. The maximum atomic E-state index is 12.2. The van der Waals surface area contributed by atoms with Crippen molar-refractivity contribution in [2.24, 2.45) is 11.3 Å². The van der Waals surface area contributed by atoms with Crippen molar-refractivity contribution >= 4 is 5.78 Å². The van der Waals surface area contributed by atoms with E-state index >= 15 is 0 Å². The number of aromatic nitrogens is 1. The average Bonchev–Trinajstić information content (AvgIpc) is 2.67. The van der Waals surface area contributed by atoms with Crippen LogP contribution in [0.5, 0.6) is 0 Å². The Hall–Kier alpha value is -1.05. The summed E-state index contributed by atoms with van der Waals surface area (Å²) in [6.45, 7) is 11.2. The van der Waals surface area contributed by atoms with E-state index in [9.17, 15) is 4.79 Å². The van der Waals surface area contributed by atoms with Crippen LogP contribution in [0.4, 0.5) is 0 Å². The van der Waals surface area contributed by atoms with E-state index < -0.39 is 0 Å². The number of ketones is 1. The van der Waals surface area contributed by atoms with Crippen LogP contribution in [0.25, 0.3) is 0 Å². The van der Waals surface area contributed by atoms with Crippen LogP contribution in [0.2, 0.25) is 0 Å². The molecule has 0 saturated heterocycles. The van der Waals surface area contributed by atoms with Crippen LogP contribution in [0.3, 0.4) is 0 Å². The normalized spacial score (nSPS) is 19.6. The molecule has 106 valence electrons. The third kappa shape index (κ3) is 3.10. The number of hydrogen-bond donors (Lipinski definition) is 0. The summed E-state index contributed by atoms with van der Waals surface area (Å²) in [5.41, 5.74) is 2.34. The lowest BCUT2D eigenvalue weighted by Crippen LogP contribution is -2.28. The van der Waals surface area contributed by atoms with Crippen molar-refractivity contribution in [3.63, 3.8) is 0 Å². The standard InChI is InChI=1S/C17H27NO/c1-12(2)6-7-13(3)18-9-8-14-15(18)10-17(4,5)11-16(14)19/h8-9,12-13H,6-7,10-11H2,1-5H3. The molecule has 1 aromatic rings. The predicted molar refractivity (Wildman–Crippen MR) is 79.6 cm³/mol. The van der Waals surface area contributed by atoms with Gasteiger partial charge in [-0.05, 0) is 43.6 Å². The molecule has 0 fully saturated rings. The second-order valence-corrected chi connectivity index (χ2v) is 7.34. The van der Waals surface area contributed by atoms with Crippen molar-refractivity contribution in [2.45, 2.75) is 66.3 Å². The molecule has 0 saturated carbocycles. The summed E-state index contributed by atoms with van der Waals surface area (Å²) in [6.07, 6.45) is 6.26. The number of hydrogen-bond acceptors (Lipinski definition) is 1. The van der Waals surface area contributed by atoms with Crippen LogP contribution in [-0.4, -0.2) is 10.4 Å². The van der Waals surface area contributed by atoms with E-state index in [1.165, 1.54) is 18.5 Å². The second-order valence-electron chi connectivity index (χ2n) is 7.34.